The Labute approximate surface area is 86.6 Å². The van der Waals surface area contributed by atoms with Crippen molar-refractivity contribution in [3.05, 3.63) is 18.1 Å². The Hall–Kier alpha value is -0.970. The van der Waals surface area contributed by atoms with E-state index in [0.29, 0.717) is 18.1 Å². The summed E-state index contributed by atoms with van der Waals surface area (Å²) in [7, 11) is -0.712. The molecule has 1 aromatic rings. The molecular formula is C9H15N3OS. The molecule has 1 rings (SSSR count). The van der Waals surface area contributed by atoms with Crippen molar-refractivity contribution in [1.82, 2.24) is 9.97 Å². The maximum atomic E-state index is 11.1. The lowest BCUT2D eigenvalue weighted by atomic mass is 10.5. The number of hydrogen-bond acceptors (Lipinski definition) is 4. The van der Waals surface area contributed by atoms with Crippen LogP contribution in [0.5, 0.6) is 0 Å². The van der Waals surface area contributed by atoms with E-state index in [0.717, 1.165) is 11.6 Å². The number of anilines is 1. The zero-order chi connectivity index (χ0) is 10.4. The molecule has 0 spiro atoms. The molecule has 0 aliphatic rings. The van der Waals surface area contributed by atoms with Gasteiger partial charge >= 0.3 is 0 Å². The molecule has 1 atom stereocenters. The normalized spacial score (nSPS) is 12.4. The van der Waals surface area contributed by atoms with Crippen molar-refractivity contribution < 1.29 is 4.21 Å². The highest BCUT2D eigenvalue weighted by molar-refractivity contribution is 7.84. The molecule has 0 aliphatic heterocycles. The fourth-order valence-electron chi connectivity index (χ4n) is 0.992. The Morgan fingerprint density at radius 3 is 3.00 bits per heavy atom. The van der Waals surface area contributed by atoms with Gasteiger partial charge in [0, 0.05) is 35.0 Å². The second-order valence-corrected chi connectivity index (χ2v) is 4.71. The topological polar surface area (TPSA) is 54.9 Å². The minimum absolute atomic E-state index is 0.666. The molecule has 1 aromatic heterocycles. The van der Waals surface area contributed by atoms with Crippen molar-refractivity contribution >= 4 is 16.6 Å². The van der Waals surface area contributed by atoms with Crippen LogP contribution < -0.4 is 5.32 Å². The third-order valence-electron chi connectivity index (χ3n) is 1.73. The third kappa shape index (κ3) is 3.83. The van der Waals surface area contributed by atoms with Gasteiger partial charge in [-0.05, 0) is 13.0 Å². The van der Waals surface area contributed by atoms with Crippen LogP contribution in [0.25, 0.3) is 0 Å². The van der Waals surface area contributed by atoms with Gasteiger partial charge in [0.25, 0.3) is 0 Å². The number of rotatable bonds is 5. The Balaban J connectivity index is 2.35. The van der Waals surface area contributed by atoms with Crippen molar-refractivity contribution in [3.63, 3.8) is 0 Å². The van der Waals surface area contributed by atoms with Crippen molar-refractivity contribution in [3.8, 4) is 0 Å². The lowest BCUT2D eigenvalue weighted by molar-refractivity contribution is 0.684. The van der Waals surface area contributed by atoms with Gasteiger partial charge < -0.3 is 5.32 Å². The molecule has 0 bridgehead atoms. The minimum Gasteiger partial charge on any atom is -0.369 e. The Morgan fingerprint density at radius 1 is 1.57 bits per heavy atom. The lowest BCUT2D eigenvalue weighted by Crippen LogP contribution is -2.13. The largest absolute Gasteiger partial charge is 0.369 e. The standard InChI is InChI=1S/C9H15N3OS/c1-3-14(13)7-6-11-9-4-5-10-8(2)12-9/h4-5H,3,6-7H2,1-2H3,(H,10,11,12). The quantitative estimate of drug-likeness (QED) is 0.791. The zero-order valence-electron chi connectivity index (χ0n) is 8.49. The second-order valence-electron chi connectivity index (χ2n) is 2.85. The third-order valence-corrected chi connectivity index (χ3v) is 3.04. The van der Waals surface area contributed by atoms with Gasteiger partial charge in [-0.15, -0.1) is 0 Å². The van der Waals surface area contributed by atoms with Crippen molar-refractivity contribution in [2.24, 2.45) is 0 Å². The van der Waals surface area contributed by atoms with Crippen LogP contribution in [0.3, 0.4) is 0 Å². The maximum absolute atomic E-state index is 11.1. The van der Waals surface area contributed by atoms with Gasteiger partial charge in [-0.1, -0.05) is 6.92 Å². The van der Waals surface area contributed by atoms with Crippen LogP contribution in [-0.2, 0) is 10.8 Å². The van der Waals surface area contributed by atoms with Gasteiger partial charge in [0.2, 0.25) is 0 Å². The Morgan fingerprint density at radius 2 is 2.36 bits per heavy atom. The number of aryl methyl sites for hydroxylation is 1. The van der Waals surface area contributed by atoms with Crippen LogP contribution in [0, 0.1) is 6.92 Å². The molecule has 1 N–H and O–H groups in total. The van der Waals surface area contributed by atoms with Gasteiger partial charge in [-0.2, -0.15) is 0 Å². The first-order valence-electron chi connectivity index (χ1n) is 4.61. The highest BCUT2D eigenvalue weighted by Crippen LogP contribution is 2.00. The molecule has 0 radical (unpaired) electrons. The van der Waals surface area contributed by atoms with Gasteiger partial charge in [-0.25, -0.2) is 9.97 Å². The molecule has 0 fully saturated rings. The smallest absolute Gasteiger partial charge is 0.129 e. The van der Waals surface area contributed by atoms with Crippen LogP contribution in [0.1, 0.15) is 12.7 Å². The summed E-state index contributed by atoms with van der Waals surface area (Å²) in [6, 6.07) is 1.81. The summed E-state index contributed by atoms with van der Waals surface area (Å²) >= 11 is 0. The predicted octanol–water partition coefficient (Wildman–Crippen LogP) is 0.966. The predicted molar refractivity (Wildman–Crippen MR) is 58.8 cm³/mol. The van der Waals surface area contributed by atoms with Gasteiger partial charge in [0.1, 0.15) is 11.6 Å². The first-order valence-corrected chi connectivity index (χ1v) is 6.09. The van der Waals surface area contributed by atoms with Gasteiger partial charge in [0.15, 0.2) is 0 Å². The van der Waals surface area contributed by atoms with Crippen LogP contribution in [0.4, 0.5) is 5.82 Å². The van der Waals surface area contributed by atoms with E-state index in [4.69, 9.17) is 0 Å². The van der Waals surface area contributed by atoms with Crippen molar-refractivity contribution in [1.29, 1.82) is 0 Å². The van der Waals surface area contributed by atoms with E-state index in [2.05, 4.69) is 15.3 Å². The van der Waals surface area contributed by atoms with Gasteiger partial charge in [-0.3, -0.25) is 4.21 Å². The average Bonchev–Trinajstić information content (AvgIpc) is 2.17. The van der Waals surface area contributed by atoms with E-state index in [-0.39, 0.29) is 0 Å². The average molecular weight is 213 g/mol. The van der Waals surface area contributed by atoms with Crippen molar-refractivity contribution in [2.75, 3.05) is 23.4 Å². The molecule has 0 saturated heterocycles. The molecule has 0 aliphatic carbocycles. The van der Waals surface area contributed by atoms with Crippen LogP contribution in [0.15, 0.2) is 12.3 Å². The summed E-state index contributed by atoms with van der Waals surface area (Å²) in [5.74, 6) is 2.92. The van der Waals surface area contributed by atoms with E-state index < -0.39 is 10.8 Å². The molecule has 1 heterocycles. The molecular weight excluding hydrogens is 198 g/mol. The Bertz CT molecular complexity index is 317. The zero-order valence-corrected chi connectivity index (χ0v) is 9.30. The summed E-state index contributed by atoms with van der Waals surface area (Å²) in [6.45, 7) is 4.46. The molecule has 78 valence electrons. The highest BCUT2D eigenvalue weighted by Gasteiger charge is 1.97. The highest BCUT2D eigenvalue weighted by atomic mass is 32.2. The lowest BCUT2D eigenvalue weighted by Gasteiger charge is -2.04. The fourth-order valence-corrected chi connectivity index (χ4v) is 1.61. The first kappa shape index (κ1) is 11.1. The molecule has 0 amide bonds. The number of nitrogens with zero attached hydrogens (tertiary/aromatic N) is 2. The van der Waals surface area contributed by atoms with E-state index in [1.54, 1.807) is 6.20 Å². The number of hydrogen-bond donors (Lipinski definition) is 1. The molecule has 4 nitrogen and oxygen atoms in total. The molecule has 14 heavy (non-hydrogen) atoms. The van der Waals surface area contributed by atoms with E-state index in [9.17, 15) is 4.21 Å². The number of aromatic nitrogens is 2. The van der Waals surface area contributed by atoms with Crippen molar-refractivity contribution in [2.45, 2.75) is 13.8 Å². The van der Waals surface area contributed by atoms with Gasteiger partial charge in [0.05, 0.1) is 0 Å². The number of nitrogens with one attached hydrogen (secondary N) is 1. The molecule has 0 aromatic carbocycles. The second kappa shape index (κ2) is 5.70. The van der Waals surface area contributed by atoms with Crippen LogP contribution in [0.2, 0.25) is 0 Å². The maximum Gasteiger partial charge on any atom is 0.129 e. The first-order chi connectivity index (χ1) is 6.72. The summed E-state index contributed by atoms with van der Waals surface area (Å²) in [5.41, 5.74) is 0. The molecule has 1 unspecified atom stereocenters. The van der Waals surface area contributed by atoms with Crippen LogP contribution in [-0.4, -0.2) is 32.2 Å². The minimum atomic E-state index is -0.712. The molecule has 5 heteroatoms. The SMILES string of the molecule is CCS(=O)CCNc1ccnc(C)n1. The molecule has 0 saturated carbocycles. The summed E-state index contributed by atoms with van der Waals surface area (Å²) in [5, 5.41) is 3.11. The van der Waals surface area contributed by atoms with E-state index in [1.807, 2.05) is 19.9 Å². The van der Waals surface area contributed by atoms with Crippen LogP contribution >= 0.6 is 0 Å². The fraction of sp³-hybridized carbons (Fsp3) is 0.556. The van der Waals surface area contributed by atoms with E-state index >= 15 is 0 Å². The summed E-state index contributed by atoms with van der Waals surface area (Å²) in [4.78, 5) is 8.16. The Kier molecular flexibility index (Phi) is 4.52. The summed E-state index contributed by atoms with van der Waals surface area (Å²) in [6.07, 6.45) is 1.71. The monoisotopic (exact) mass is 213 g/mol. The summed E-state index contributed by atoms with van der Waals surface area (Å²) < 4.78 is 11.1. The van der Waals surface area contributed by atoms with E-state index in [1.165, 1.54) is 0 Å².